The highest BCUT2D eigenvalue weighted by molar-refractivity contribution is 5.94. The van der Waals surface area contributed by atoms with Crippen LogP contribution >= 0.6 is 0 Å². The Morgan fingerprint density at radius 2 is 2.05 bits per heavy atom. The van der Waals surface area contributed by atoms with Gasteiger partial charge in [-0.2, -0.15) is 0 Å². The van der Waals surface area contributed by atoms with Crippen LogP contribution in [-0.4, -0.2) is 17.6 Å². The Morgan fingerprint density at radius 1 is 1.30 bits per heavy atom. The van der Waals surface area contributed by atoms with E-state index in [0.717, 1.165) is 24.3 Å². The molecule has 1 aromatic heterocycles. The first-order valence-corrected chi connectivity index (χ1v) is 6.73. The van der Waals surface area contributed by atoms with E-state index in [-0.39, 0.29) is 5.91 Å². The van der Waals surface area contributed by atoms with Gasteiger partial charge in [-0.3, -0.25) is 4.79 Å². The lowest BCUT2D eigenvalue weighted by Crippen LogP contribution is -2.22. The Labute approximate surface area is 118 Å². The first kappa shape index (κ1) is 14.1. The number of benzene rings is 1. The van der Waals surface area contributed by atoms with Gasteiger partial charge in [0.1, 0.15) is 0 Å². The van der Waals surface area contributed by atoms with E-state index in [4.69, 9.17) is 4.52 Å². The summed E-state index contributed by atoms with van der Waals surface area (Å²) in [5.74, 6) is 0.526. The summed E-state index contributed by atoms with van der Waals surface area (Å²) in [6.07, 6.45) is 1.07. The zero-order valence-electron chi connectivity index (χ0n) is 11.8. The standard InChI is InChI=1S/C15H19N3O2/c1-3-8-16-13-6-4-12(5-7-13)15(19)17-10-14-9-11(2)18-20-14/h4-7,9,16H,3,8,10H2,1-2H3,(H,17,19). The number of nitrogens with zero attached hydrogens (tertiary/aromatic N) is 1. The maximum atomic E-state index is 12.0. The van der Waals surface area contributed by atoms with Crippen LogP contribution in [0, 0.1) is 6.92 Å². The van der Waals surface area contributed by atoms with Crippen molar-refractivity contribution in [2.75, 3.05) is 11.9 Å². The Hall–Kier alpha value is -2.30. The number of aromatic nitrogens is 1. The smallest absolute Gasteiger partial charge is 0.251 e. The molecule has 0 fully saturated rings. The normalized spacial score (nSPS) is 10.3. The number of nitrogens with one attached hydrogen (secondary N) is 2. The van der Waals surface area contributed by atoms with Crippen molar-refractivity contribution >= 4 is 11.6 Å². The molecule has 106 valence electrons. The van der Waals surface area contributed by atoms with Crippen LogP contribution in [0.3, 0.4) is 0 Å². The molecule has 0 saturated heterocycles. The van der Waals surface area contributed by atoms with Crippen molar-refractivity contribution in [1.82, 2.24) is 10.5 Å². The predicted molar refractivity (Wildman–Crippen MR) is 77.6 cm³/mol. The van der Waals surface area contributed by atoms with Crippen LogP contribution in [0.25, 0.3) is 0 Å². The highest BCUT2D eigenvalue weighted by atomic mass is 16.5. The molecule has 0 aliphatic rings. The zero-order chi connectivity index (χ0) is 14.4. The van der Waals surface area contributed by atoms with E-state index in [1.54, 1.807) is 18.2 Å². The van der Waals surface area contributed by atoms with Crippen molar-refractivity contribution in [2.45, 2.75) is 26.8 Å². The summed E-state index contributed by atoms with van der Waals surface area (Å²) in [7, 11) is 0. The van der Waals surface area contributed by atoms with E-state index in [1.807, 2.05) is 19.1 Å². The van der Waals surface area contributed by atoms with Crippen molar-refractivity contribution in [3.63, 3.8) is 0 Å². The molecule has 0 atom stereocenters. The van der Waals surface area contributed by atoms with Crippen LogP contribution < -0.4 is 10.6 Å². The molecule has 1 heterocycles. The molecule has 0 aliphatic carbocycles. The van der Waals surface area contributed by atoms with Gasteiger partial charge in [-0.25, -0.2) is 0 Å². The topological polar surface area (TPSA) is 67.2 Å². The Balaban J connectivity index is 1.88. The summed E-state index contributed by atoms with van der Waals surface area (Å²) >= 11 is 0. The summed E-state index contributed by atoms with van der Waals surface area (Å²) in [5, 5.41) is 9.84. The quantitative estimate of drug-likeness (QED) is 0.849. The molecule has 2 rings (SSSR count). The van der Waals surface area contributed by atoms with Gasteiger partial charge in [-0.05, 0) is 37.6 Å². The summed E-state index contributed by atoms with van der Waals surface area (Å²) < 4.78 is 5.04. The van der Waals surface area contributed by atoms with Crippen LogP contribution in [-0.2, 0) is 6.54 Å². The van der Waals surface area contributed by atoms with E-state index >= 15 is 0 Å². The molecule has 1 aromatic carbocycles. The van der Waals surface area contributed by atoms with E-state index in [9.17, 15) is 4.79 Å². The second kappa shape index (κ2) is 6.75. The van der Waals surface area contributed by atoms with Gasteiger partial charge < -0.3 is 15.2 Å². The first-order valence-electron chi connectivity index (χ1n) is 6.73. The molecule has 5 nitrogen and oxygen atoms in total. The molecule has 1 amide bonds. The number of hydrogen-bond acceptors (Lipinski definition) is 4. The lowest BCUT2D eigenvalue weighted by atomic mass is 10.2. The van der Waals surface area contributed by atoms with Crippen molar-refractivity contribution in [3.05, 3.63) is 47.3 Å². The SMILES string of the molecule is CCCNc1ccc(C(=O)NCc2cc(C)no2)cc1. The summed E-state index contributed by atoms with van der Waals surface area (Å²) in [6, 6.07) is 9.22. The Kier molecular flexibility index (Phi) is 4.76. The molecule has 0 aliphatic heterocycles. The van der Waals surface area contributed by atoms with Crippen LogP contribution in [0.1, 0.15) is 35.2 Å². The molecule has 2 N–H and O–H groups in total. The number of carbonyl (C=O) groups excluding carboxylic acids is 1. The molecule has 0 bridgehead atoms. The van der Waals surface area contributed by atoms with Gasteiger partial charge in [0, 0.05) is 23.9 Å². The minimum absolute atomic E-state index is 0.124. The highest BCUT2D eigenvalue weighted by Crippen LogP contribution is 2.10. The molecule has 0 radical (unpaired) electrons. The Bertz CT molecular complexity index is 561. The van der Waals surface area contributed by atoms with Gasteiger partial charge in [-0.15, -0.1) is 0 Å². The summed E-state index contributed by atoms with van der Waals surface area (Å²) in [6.45, 7) is 5.22. The predicted octanol–water partition coefficient (Wildman–Crippen LogP) is 2.73. The molecule has 20 heavy (non-hydrogen) atoms. The molecule has 0 saturated carbocycles. The molecular weight excluding hydrogens is 254 g/mol. The van der Waals surface area contributed by atoms with Crippen LogP contribution in [0.2, 0.25) is 0 Å². The van der Waals surface area contributed by atoms with E-state index in [2.05, 4.69) is 22.7 Å². The second-order valence-corrected chi connectivity index (χ2v) is 4.62. The van der Waals surface area contributed by atoms with Gasteiger partial charge in [0.15, 0.2) is 5.76 Å². The van der Waals surface area contributed by atoms with Crippen molar-refractivity contribution in [3.8, 4) is 0 Å². The third-order valence-electron chi connectivity index (χ3n) is 2.83. The zero-order valence-corrected chi connectivity index (χ0v) is 11.8. The van der Waals surface area contributed by atoms with E-state index in [0.29, 0.717) is 17.9 Å². The van der Waals surface area contributed by atoms with E-state index in [1.165, 1.54) is 0 Å². The number of hydrogen-bond donors (Lipinski definition) is 2. The highest BCUT2D eigenvalue weighted by Gasteiger charge is 2.07. The number of anilines is 1. The average molecular weight is 273 g/mol. The maximum Gasteiger partial charge on any atom is 0.251 e. The molecule has 0 unspecified atom stereocenters. The number of carbonyl (C=O) groups is 1. The Morgan fingerprint density at radius 3 is 2.65 bits per heavy atom. The number of aryl methyl sites for hydroxylation is 1. The summed E-state index contributed by atoms with van der Waals surface area (Å²) in [4.78, 5) is 12.0. The molecular formula is C15H19N3O2. The van der Waals surface area contributed by atoms with Gasteiger partial charge in [-0.1, -0.05) is 12.1 Å². The minimum atomic E-state index is -0.124. The van der Waals surface area contributed by atoms with Gasteiger partial charge >= 0.3 is 0 Å². The fourth-order valence-corrected chi connectivity index (χ4v) is 1.78. The fraction of sp³-hybridized carbons (Fsp3) is 0.333. The minimum Gasteiger partial charge on any atom is -0.385 e. The lowest BCUT2D eigenvalue weighted by molar-refractivity contribution is 0.0947. The number of rotatable bonds is 6. The average Bonchev–Trinajstić information content (AvgIpc) is 2.89. The van der Waals surface area contributed by atoms with Crippen LogP contribution in [0.15, 0.2) is 34.9 Å². The van der Waals surface area contributed by atoms with Gasteiger partial charge in [0.25, 0.3) is 5.91 Å². The number of amides is 1. The van der Waals surface area contributed by atoms with Crippen molar-refractivity contribution in [1.29, 1.82) is 0 Å². The fourth-order valence-electron chi connectivity index (χ4n) is 1.78. The third-order valence-corrected chi connectivity index (χ3v) is 2.83. The van der Waals surface area contributed by atoms with Gasteiger partial charge in [0.05, 0.1) is 12.2 Å². The van der Waals surface area contributed by atoms with Crippen LogP contribution in [0.5, 0.6) is 0 Å². The second-order valence-electron chi connectivity index (χ2n) is 4.62. The lowest BCUT2D eigenvalue weighted by Gasteiger charge is -2.06. The largest absolute Gasteiger partial charge is 0.385 e. The van der Waals surface area contributed by atoms with E-state index < -0.39 is 0 Å². The maximum absolute atomic E-state index is 12.0. The van der Waals surface area contributed by atoms with Crippen molar-refractivity contribution < 1.29 is 9.32 Å². The molecule has 2 aromatic rings. The van der Waals surface area contributed by atoms with Crippen LogP contribution in [0.4, 0.5) is 5.69 Å². The molecule has 5 heteroatoms. The van der Waals surface area contributed by atoms with Gasteiger partial charge in [0.2, 0.25) is 0 Å². The van der Waals surface area contributed by atoms with Crippen molar-refractivity contribution in [2.24, 2.45) is 0 Å². The summed E-state index contributed by atoms with van der Waals surface area (Å²) in [5.41, 5.74) is 2.46. The monoisotopic (exact) mass is 273 g/mol. The first-order chi connectivity index (χ1) is 9.69. The molecule has 0 spiro atoms. The third kappa shape index (κ3) is 3.85.